The van der Waals surface area contributed by atoms with E-state index in [1.807, 2.05) is 41.8 Å². The smallest absolute Gasteiger partial charge is 0.181 e. The first-order valence-corrected chi connectivity index (χ1v) is 6.03. The van der Waals surface area contributed by atoms with Crippen LogP contribution in [0.25, 0.3) is 22.1 Å². The minimum atomic E-state index is 0.667. The molecule has 0 aliphatic heterocycles. The number of hydrogen-bond acceptors (Lipinski definition) is 4. The highest BCUT2D eigenvalue weighted by molar-refractivity contribution is 7.13. The van der Waals surface area contributed by atoms with E-state index in [4.69, 9.17) is 5.73 Å². The molecule has 0 fully saturated rings. The van der Waals surface area contributed by atoms with E-state index in [0.29, 0.717) is 11.5 Å². The molecule has 17 heavy (non-hydrogen) atoms. The normalized spacial score (nSPS) is 10.6. The second-order valence-corrected chi connectivity index (χ2v) is 4.56. The van der Waals surface area contributed by atoms with Crippen molar-refractivity contribution < 1.29 is 0 Å². The third-order valence-corrected chi connectivity index (χ3v) is 3.26. The average molecular weight is 242 g/mol. The van der Waals surface area contributed by atoms with Crippen molar-refractivity contribution in [2.24, 2.45) is 0 Å². The molecule has 3 N–H and O–H groups in total. The molecule has 2 heterocycles. The van der Waals surface area contributed by atoms with E-state index in [1.54, 1.807) is 11.3 Å². The fourth-order valence-electron chi connectivity index (χ4n) is 1.59. The topological polar surface area (TPSA) is 67.6 Å². The van der Waals surface area contributed by atoms with Crippen LogP contribution in [0, 0.1) is 0 Å². The Labute approximate surface area is 102 Å². The van der Waals surface area contributed by atoms with Gasteiger partial charge in [0.2, 0.25) is 0 Å². The third-order valence-electron chi connectivity index (χ3n) is 2.38. The predicted octanol–water partition coefficient (Wildman–Crippen LogP) is 2.78. The Kier molecular flexibility index (Phi) is 2.38. The van der Waals surface area contributed by atoms with Gasteiger partial charge in [0.1, 0.15) is 0 Å². The van der Waals surface area contributed by atoms with Gasteiger partial charge in [-0.25, -0.2) is 4.98 Å². The molecule has 0 amide bonds. The van der Waals surface area contributed by atoms with Crippen molar-refractivity contribution in [1.29, 1.82) is 0 Å². The lowest BCUT2D eigenvalue weighted by atomic mass is 10.2. The van der Waals surface area contributed by atoms with Crippen LogP contribution in [0.1, 0.15) is 0 Å². The molecule has 0 saturated carbocycles. The molecule has 0 spiro atoms. The summed E-state index contributed by atoms with van der Waals surface area (Å²) in [5, 5.41) is 9.15. The summed E-state index contributed by atoms with van der Waals surface area (Å²) in [4.78, 5) is 5.53. The molecule has 4 nitrogen and oxygen atoms in total. The van der Waals surface area contributed by atoms with Crippen molar-refractivity contribution in [3.05, 3.63) is 41.8 Å². The van der Waals surface area contributed by atoms with Crippen molar-refractivity contribution in [2.45, 2.75) is 0 Å². The van der Waals surface area contributed by atoms with Crippen LogP contribution in [0.3, 0.4) is 0 Å². The zero-order valence-corrected chi connectivity index (χ0v) is 9.74. The fourth-order valence-corrected chi connectivity index (χ4v) is 2.26. The maximum absolute atomic E-state index is 5.73. The number of nitrogens with two attached hydrogens (primary N) is 1. The molecular weight excluding hydrogens is 232 g/mol. The van der Waals surface area contributed by atoms with Gasteiger partial charge in [0, 0.05) is 11.3 Å². The van der Waals surface area contributed by atoms with Gasteiger partial charge in [-0.3, -0.25) is 5.10 Å². The molecule has 0 radical (unpaired) electrons. The molecule has 3 aromatic rings. The van der Waals surface area contributed by atoms with Crippen molar-refractivity contribution in [1.82, 2.24) is 15.2 Å². The lowest BCUT2D eigenvalue weighted by Gasteiger charge is -1.95. The van der Waals surface area contributed by atoms with E-state index in [-0.39, 0.29) is 0 Å². The van der Waals surface area contributed by atoms with E-state index >= 15 is 0 Å². The number of anilines is 1. The molecule has 0 aliphatic rings. The lowest BCUT2D eigenvalue weighted by Crippen LogP contribution is -1.86. The summed E-state index contributed by atoms with van der Waals surface area (Å²) in [7, 11) is 0. The number of H-pyrrole nitrogens is 1. The fraction of sp³-hybridized carbons (Fsp3) is 0. The Bertz CT molecular complexity index is 628. The van der Waals surface area contributed by atoms with Crippen LogP contribution in [-0.2, 0) is 0 Å². The highest BCUT2D eigenvalue weighted by Gasteiger charge is 2.08. The van der Waals surface area contributed by atoms with E-state index in [0.717, 1.165) is 16.3 Å². The highest BCUT2D eigenvalue weighted by Crippen LogP contribution is 2.24. The zero-order chi connectivity index (χ0) is 11.7. The SMILES string of the molecule is Nc1cccc(-c2n[nH]c(-c3cccs3)n2)c1. The lowest BCUT2D eigenvalue weighted by molar-refractivity contribution is 1.10. The van der Waals surface area contributed by atoms with Crippen molar-refractivity contribution in [3.8, 4) is 22.1 Å². The summed E-state index contributed by atoms with van der Waals surface area (Å²) < 4.78 is 0. The van der Waals surface area contributed by atoms with Gasteiger partial charge in [-0.15, -0.1) is 11.3 Å². The van der Waals surface area contributed by atoms with Gasteiger partial charge in [0.15, 0.2) is 11.6 Å². The number of nitrogen functional groups attached to an aromatic ring is 1. The van der Waals surface area contributed by atoms with E-state index in [2.05, 4.69) is 15.2 Å². The molecule has 3 rings (SSSR count). The monoisotopic (exact) mass is 242 g/mol. The van der Waals surface area contributed by atoms with E-state index < -0.39 is 0 Å². The average Bonchev–Trinajstić information content (AvgIpc) is 3.00. The first-order chi connectivity index (χ1) is 8.33. The number of benzene rings is 1. The molecule has 0 unspecified atom stereocenters. The van der Waals surface area contributed by atoms with Crippen molar-refractivity contribution >= 4 is 17.0 Å². The maximum Gasteiger partial charge on any atom is 0.181 e. The summed E-state index contributed by atoms with van der Waals surface area (Å²) >= 11 is 1.63. The van der Waals surface area contributed by atoms with Crippen LogP contribution in [-0.4, -0.2) is 15.2 Å². The van der Waals surface area contributed by atoms with Gasteiger partial charge >= 0.3 is 0 Å². The Balaban J connectivity index is 2.01. The predicted molar refractivity (Wildman–Crippen MR) is 69.5 cm³/mol. The summed E-state index contributed by atoms with van der Waals surface area (Å²) in [6.07, 6.45) is 0. The second kappa shape index (κ2) is 4.03. The number of nitrogens with zero attached hydrogens (tertiary/aromatic N) is 2. The van der Waals surface area contributed by atoms with Crippen molar-refractivity contribution in [3.63, 3.8) is 0 Å². The molecule has 0 aliphatic carbocycles. The number of thiophene rings is 1. The van der Waals surface area contributed by atoms with Gasteiger partial charge in [-0.2, -0.15) is 5.10 Å². The second-order valence-electron chi connectivity index (χ2n) is 3.61. The van der Waals surface area contributed by atoms with E-state index in [1.165, 1.54) is 0 Å². The molecule has 0 bridgehead atoms. The minimum Gasteiger partial charge on any atom is -0.399 e. The van der Waals surface area contributed by atoms with Gasteiger partial charge in [0.25, 0.3) is 0 Å². The molecule has 0 atom stereocenters. The van der Waals surface area contributed by atoms with Crippen LogP contribution >= 0.6 is 11.3 Å². The highest BCUT2D eigenvalue weighted by atomic mass is 32.1. The van der Waals surface area contributed by atoms with Crippen molar-refractivity contribution in [2.75, 3.05) is 5.73 Å². The Hall–Kier alpha value is -2.14. The largest absolute Gasteiger partial charge is 0.399 e. The van der Waals surface area contributed by atoms with Gasteiger partial charge < -0.3 is 5.73 Å². The summed E-state index contributed by atoms with van der Waals surface area (Å²) in [5.41, 5.74) is 7.37. The molecule has 5 heteroatoms. The summed E-state index contributed by atoms with van der Waals surface area (Å²) in [6, 6.07) is 11.5. The molecule has 0 saturated heterocycles. The molecule has 2 aromatic heterocycles. The number of hydrogen-bond donors (Lipinski definition) is 2. The first-order valence-electron chi connectivity index (χ1n) is 5.15. The van der Waals surface area contributed by atoms with Gasteiger partial charge in [-0.05, 0) is 23.6 Å². The van der Waals surface area contributed by atoms with E-state index in [9.17, 15) is 0 Å². The van der Waals surface area contributed by atoms with Crippen LogP contribution in [0.4, 0.5) is 5.69 Å². The molecular formula is C12H10N4S. The Morgan fingerprint density at radius 1 is 1.18 bits per heavy atom. The standard InChI is InChI=1S/C12H10N4S/c13-9-4-1-3-8(7-9)11-14-12(16-15-11)10-5-2-6-17-10/h1-7H,13H2,(H,14,15,16). The van der Waals surface area contributed by atoms with Crippen LogP contribution < -0.4 is 5.73 Å². The van der Waals surface area contributed by atoms with Gasteiger partial charge in [-0.1, -0.05) is 18.2 Å². The summed E-state index contributed by atoms with van der Waals surface area (Å²) in [6.45, 7) is 0. The number of rotatable bonds is 2. The quantitative estimate of drug-likeness (QED) is 0.679. The Morgan fingerprint density at radius 3 is 2.88 bits per heavy atom. The number of aromatic amines is 1. The van der Waals surface area contributed by atoms with Gasteiger partial charge in [0.05, 0.1) is 4.88 Å². The Morgan fingerprint density at radius 2 is 2.12 bits per heavy atom. The minimum absolute atomic E-state index is 0.667. The third kappa shape index (κ3) is 1.92. The van der Waals surface area contributed by atoms with Crippen LogP contribution in [0.15, 0.2) is 41.8 Å². The molecule has 1 aromatic carbocycles. The molecule has 84 valence electrons. The summed E-state index contributed by atoms with van der Waals surface area (Å²) in [5.74, 6) is 1.46. The number of nitrogens with one attached hydrogen (secondary N) is 1. The van der Waals surface area contributed by atoms with Crippen LogP contribution in [0.2, 0.25) is 0 Å². The first kappa shape index (κ1) is 10.0. The maximum atomic E-state index is 5.73. The zero-order valence-electron chi connectivity index (χ0n) is 8.92. The van der Waals surface area contributed by atoms with Crippen LogP contribution in [0.5, 0.6) is 0 Å². The number of aromatic nitrogens is 3.